The molecule has 0 unspecified atom stereocenters. The minimum atomic E-state index is -0.0578. The van der Waals surface area contributed by atoms with Crippen molar-refractivity contribution >= 4 is 22.4 Å². The zero-order valence-corrected chi connectivity index (χ0v) is 14.0. The summed E-state index contributed by atoms with van der Waals surface area (Å²) in [6, 6.07) is 0. The fourth-order valence-electron chi connectivity index (χ4n) is 2.54. The molecule has 1 amide bonds. The summed E-state index contributed by atoms with van der Waals surface area (Å²) in [6.45, 7) is 6.13. The van der Waals surface area contributed by atoms with Gasteiger partial charge in [0.25, 0.3) is 0 Å². The van der Waals surface area contributed by atoms with Crippen LogP contribution < -0.4 is 10.1 Å². The lowest BCUT2D eigenvalue weighted by atomic mass is 10.1. The third-order valence-corrected chi connectivity index (χ3v) is 4.43. The van der Waals surface area contributed by atoms with E-state index >= 15 is 0 Å². The Morgan fingerprint density at radius 3 is 3.09 bits per heavy atom. The van der Waals surface area contributed by atoms with Gasteiger partial charge in [-0.15, -0.1) is 11.3 Å². The number of hydrogen-bond donors (Lipinski definition) is 1. The van der Waals surface area contributed by atoms with E-state index < -0.39 is 0 Å². The zero-order chi connectivity index (χ0) is 16.2. The molecule has 1 aliphatic rings. The van der Waals surface area contributed by atoms with E-state index in [2.05, 4.69) is 25.2 Å². The van der Waals surface area contributed by atoms with E-state index in [1.165, 1.54) is 17.7 Å². The maximum absolute atomic E-state index is 12.2. The number of thiazole rings is 1. The molecule has 3 heterocycles. The number of fused-ring (bicyclic) bond motifs is 1. The standard InChI is InChI=1S/C15H19N5O2S/c1-3-22-14-11-6-20(5-4-12(11)16-9-17-14)7-13(21)19-15-18-10(2)8-23-15/h8-9H,3-7H2,1-2H3,(H,18,19,21). The number of nitrogens with zero attached hydrogens (tertiary/aromatic N) is 4. The van der Waals surface area contributed by atoms with Gasteiger partial charge in [0.2, 0.25) is 11.8 Å². The molecule has 0 radical (unpaired) electrons. The SMILES string of the molecule is CCOc1ncnc2c1CN(CC(=O)Nc1nc(C)cs1)CC2. The summed E-state index contributed by atoms with van der Waals surface area (Å²) in [4.78, 5) is 27.0. The molecule has 2 aromatic heterocycles. The second-order valence-corrected chi connectivity index (χ2v) is 6.20. The van der Waals surface area contributed by atoms with Crippen LogP contribution in [-0.4, -0.2) is 45.5 Å². The van der Waals surface area contributed by atoms with Crippen molar-refractivity contribution in [1.29, 1.82) is 0 Å². The average Bonchev–Trinajstić information content (AvgIpc) is 2.93. The molecule has 23 heavy (non-hydrogen) atoms. The number of nitrogens with one attached hydrogen (secondary N) is 1. The van der Waals surface area contributed by atoms with Crippen LogP contribution in [0.25, 0.3) is 0 Å². The molecule has 0 atom stereocenters. The summed E-state index contributed by atoms with van der Waals surface area (Å²) >= 11 is 1.44. The first-order valence-corrected chi connectivity index (χ1v) is 8.43. The van der Waals surface area contributed by atoms with Crippen molar-refractivity contribution < 1.29 is 9.53 Å². The van der Waals surface area contributed by atoms with E-state index in [1.807, 2.05) is 19.2 Å². The highest BCUT2D eigenvalue weighted by Crippen LogP contribution is 2.24. The molecule has 0 aromatic carbocycles. The lowest BCUT2D eigenvalue weighted by molar-refractivity contribution is -0.117. The van der Waals surface area contributed by atoms with E-state index in [-0.39, 0.29) is 5.91 Å². The Kier molecular flexibility index (Phi) is 4.82. The molecule has 3 rings (SSSR count). The average molecular weight is 333 g/mol. The highest BCUT2D eigenvalue weighted by molar-refractivity contribution is 7.13. The molecule has 0 aliphatic carbocycles. The summed E-state index contributed by atoms with van der Waals surface area (Å²) in [5, 5.41) is 5.40. The van der Waals surface area contributed by atoms with E-state index in [4.69, 9.17) is 4.74 Å². The molecule has 0 saturated carbocycles. The maximum atomic E-state index is 12.2. The van der Waals surface area contributed by atoms with Gasteiger partial charge in [0.15, 0.2) is 5.13 Å². The number of amides is 1. The Morgan fingerprint density at radius 1 is 1.48 bits per heavy atom. The fraction of sp³-hybridized carbons (Fsp3) is 0.467. The molecular weight excluding hydrogens is 314 g/mol. The maximum Gasteiger partial charge on any atom is 0.240 e. The quantitative estimate of drug-likeness (QED) is 0.896. The molecule has 1 aliphatic heterocycles. The lowest BCUT2D eigenvalue weighted by Gasteiger charge is -2.27. The largest absolute Gasteiger partial charge is 0.478 e. The van der Waals surface area contributed by atoms with Gasteiger partial charge in [-0.25, -0.2) is 15.0 Å². The smallest absolute Gasteiger partial charge is 0.240 e. The molecule has 2 aromatic rings. The Morgan fingerprint density at radius 2 is 2.35 bits per heavy atom. The molecule has 1 N–H and O–H groups in total. The Balaban J connectivity index is 1.63. The third kappa shape index (κ3) is 3.83. The first-order chi connectivity index (χ1) is 11.2. The number of carbonyl (C=O) groups is 1. The molecule has 0 saturated heterocycles. The molecule has 8 heteroatoms. The number of aromatic nitrogens is 3. The van der Waals surface area contributed by atoms with E-state index in [1.54, 1.807) is 0 Å². The first kappa shape index (κ1) is 15.8. The summed E-state index contributed by atoms with van der Waals surface area (Å²) < 4.78 is 5.57. The molecule has 7 nitrogen and oxygen atoms in total. The number of rotatable bonds is 5. The number of aryl methyl sites for hydroxylation is 1. The van der Waals surface area contributed by atoms with Crippen LogP contribution in [0.4, 0.5) is 5.13 Å². The zero-order valence-electron chi connectivity index (χ0n) is 13.2. The van der Waals surface area contributed by atoms with Crippen LogP contribution in [-0.2, 0) is 17.8 Å². The van der Waals surface area contributed by atoms with Gasteiger partial charge in [-0.3, -0.25) is 9.69 Å². The van der Waals surface area contributed by atoms with Crippen molar-refractivity contribution in [2.24, 2.45) is 0 Å². The summed E-state index contributed by atoms with van der Waals surface area (Å²) in [7, 11) is 0. The monoisotopic (exact) mass is 333 g/mol. The van der Waals surface area contributed by atoms with Crippen LogP contribution in [0.1, 0.15) is 23.9 Å². The Labute approximate surface area is 138 Å². The first-order valence-electron chi connectivity index (χ1n) is 7.55. The van der Waals surface area contributed by atoms with Gasteiger partial charge >= 0.3 is 0 Å². The number of carbonyl (C=O) groups excluding carboxylic acids is 1. The molecular formula is C15H19N5O2S. The van der Waals surface area contributed by atoms with Crippen molar-refractivity contribution in [3.8, 4) is 5.88 Å². The van der Waals surface area contributed by atoms with Crippen molar-refractivity contribution in [2.45, 2.75) is 26.8 Å². The van der Waals surface area contributed by atoms with Crippen LogP contribution >= 0.6 is 11.3 Å². The summed E-state index contributed by atoms with van der Waals surface area (Å²) in [6.07, 6.45) is 2.33. The normalized spacial score (nSPS) is 14.3. The van der Waals surface area contributed by atoms with E-state index in [9.17, 15) is 4.79 Å². The number of ether oxygens (including phenoxy) is 1. The molecule has 0 bridgehead atoms. The van der Waals surface area contributed by atoms with Crippen LogP contribution in [0.5, 0.6) is 5.88 Å². The second kappa shape index (κ2) is 7.01. The van der Waals surface area contributed by atoms with Crippen molar-refractivity contribution in [3.63, 3.8) is 0 Å². The Hall–Kier alpha value is -2.06. The van der Waals surface area contributed by atoms with Crippen LogP contribution in [0, 0.1) is 6.92 Å². The van der Waals surface area contributed by atoms with Crippen molar-refractivity contribution in [2.75, 3.05) is 25.0 Å². The van der Waals surface area contributed by atoms with Crippen LogP contribution in [0.2, 0.25) is 0 Å². The molecule has 0 fully saturated rings. The van der Waals surface area contributed by atoms with E-state index in [0.29, 0.717) is 30.7 Å². The predicted molar refractivity (Wildman–Crippen MR) is 87.7 cm³/mol. The third-order valence-electron chi connectivity index (χ3n) is 3.56. The molecule has 0 spiro atoms. The van der Waals surface area contributed by atoms with Gasteiger partial charge < -0.3 is 10.1 Å². The number of hydrogen-bond acceptors (Lipinski definition) is 7. The second-order valence-electron chi connectivity index (χ2n) is 5.34. The topological polar surface area (TPSA) is 80.2 Å². The highest BCUT2D eigenvalue weighted by atomic mass is 32.1. The summed E-state index contributed by atoms with van der Waals surface area (Å²) in [5.41, 5.74) is 2.91. The van der Waals surface area contributed by atoms with Crippen molar-refractivity contribution in [3.05, 3.63) is 28.7 Å². The summed E-state index contributed by atoms with van der Waals surface area (Å²) in [5.74, 6) is 0.566. The van der Waals surface area contributed by atoms with Gasteiger partial charge in [-0.1, -0.05) is 0 Å². The van der Waals surface area contributed by atoms with Gasteiger partial charge in [0, 0.05) is 30.5 Å². The van der Waals surface area contributed by atoms with Crippen LogP contribution in [0.15, 0.2) is 11.7 Å². The minimum absolute atomic E-state index is 0.0578. The van der Waals surface area contributed by atoms with Gasteiger partial charge in [-0.2, -0.15) is 0 Å². The predicted octanol–water partition coefficient (Wildman–Crippen LogP) is 1.64. The highest BCUT2D eigenvalue weighted by Gasteiger charge is 2.23. The Bertz CT molecular complexity index is 703. The van der Waals surface area contributed by atoms with Gasteiger partial charge in [0.1, 0.15) is 6.33 Å². The fourth-order valence-corrected chi connectivity index (χ4v) is 3.24. The van der Waals surface area contributed by atoms with Gasteiger partial charge in [0.05, 0.1) is 24.5 Å². The number of anilines is 1. The lowest BCUT2D eigenvalue weighted by Crippen LogP contribution is -2.37. The van der Waals surface area contributed by atoms with Crippen LogP contribution in [0.3, 0.4) is 0 Å². The van der Waals surface area contributed by atoms with Crippen molar-refractivity contribution in [1.82, 2.24) is 19.9 Å². The van der Waals surface area contributed by atoms with E-state index in [0.717, 1.165) is 29.9 Å². The minimum Gasteiger partial charge on any atom is -0.478 e. The van der Waals surface area contributed by atoms with Gasteiger partial charge in [-0.05, 0) is 13.8 Å². The molecule has 122 valence electrons.